The molecule has 0 aromatic heterocycles. The molecule has 0 bridgehead atoms. The average Bonchev–Trinajstić information content (AvgIpc) is 2.40. The molecule has 1 saturated carbocycles. The van der Waals surface area contributed by atoms with Crippen molar-refractivity contribution in [2.45, 2.75) is 58.4 Å². The molecule has 0 aromatic rings. The van der Waals surface area contributed by atoms with Gasteiger partial charge in [-0.25, -0.2) is 0 Å². The Hall–Kier alpha value is -0.110. The van der Waals surface area contributed by atoms with E-state index in [0.717, 1.165) is 12.0 Å². The lowest BCUT2D eigenvalue weighted by Gasteiger charge is -2.34. The van der Waals surface area contributed by atoms with E-state index in [1.54, 1.807) is 0 Å². The second-order valence-electron chi connectivity index (χ2n) is 6.13. The van der Waals surface area contributed by atoms with E-state index in [9.17, 15) is 0 Å². The zero-order valence-electron chi connectivity index (χ0n) is 10.3. The normalized spacial score (nSPS) is 35.9. The summed E-state index contributed by atoms with van der Waals surface area (Å²) in [6, 6.07) is 0.758. The van der Waals surface area contributed by atoms with Gasteiger partial charge >= 0.3 is 0 Å². The fraction of sp³-hybridized carbons (Fsp3) is 0.923. The highest BCUT2D eigenvalue weighted by molar-refractivity contribution is 7.80. The number of thiocarbonyl (C=S) groups is 1. The van der Waals surface area contributed by atoms with Gasteiger partial charge in [-0.15, -0.1) is 0 Å². The summed E-state index contributed by atoms with van der Waals surface area (Å²) in [5.41, 5.74) is 0.563. The Labute approximate surface area is 99.2 Å². The molecule has 86 valence electrons. The van der Waals surface area contributed by atoms with Crippen molar-refractivity contribution in [2.75, 3.05) is 7.05 Å². The van der Waals surface area contributed by atoms with E-state index < -0.39 is 0 Å². The predicted octanol–water partition coefficient (Wildman–Crippen LogP) is 3.62. The Morgan fingerprint density at radius 3 is 2.73 bits per heavy atom. The van der Waals surface area contributed by atoms with Crippen molar-refractivity contribution in [1.82, 2.24) is 4.90 Å². The molecule has 1 saturated heterocycles. The highest BCUT2D eigenvalue weighted by Crippen LogP contribution is 2.40. The molecular weight excluding hydrogens is 202 g/mol. The molecule has 2 heteroatoms. The SMILES string of the molecule is CN1C(=S)CC2CCC(C)(C)CCCC21. The molecule has 2 rings (SSSR count). The van der Waals surface area contributed by atoms with Crippen LogP contribution in [-0.4, -0.2) is 23.0 Å². The van der Waals surface area contributed by atoms with Crippen LogP contribution in [0.1, 0.15) is 52.4 Å². The second kappa shape index (κ2) is 4.04. The van der Waals surface area contributed by atoms with E-state index in [0.29, 0.717) is 5.41 Å². The monoisotopic (exact) mass is 225 g/mol. The molecule has 2 unspecified atom stereocenters. The van der Waals surface area contributed by atoms with Crippen LogP contribution in [0.5, 0.6) is 0 Å². The number of hydrogen-bond acceptors (Lipinski definition) is 1. The van der Waals surface area contributed by atoms with Gasteiger partial charge in [0.2, 0.25) is 0 Å². The summed E-state index contributed by atoms with van der Waals surface area (Å²) in [5, 5.41) is 0. The van der Waals surface area contributed by atoms with Gasteiger partial charge in [0.15, 0.2) is 0 Å². The molecule has 0 spiro atoms. The molecule has 2 fully saturated rings. The van der Waals surface area contributed by atoms with Crippen LogP contribution < -0.4 is 0 Å². The molecule has 2 atom stereocenters. The lowest BCUT2D eigenvalue weighted by Crippen LogP contribution is -2.33. The molecule has 0 radical (unpaired) electrons. The number of nitrogens with zero attached hydrogens (tertiary/aromatic N) is 1. The smallest absolute Gasteiger partial charge is 0.0782 e. The van der Waals surface area contributed by atoms with E-state index in [1.807, 2.05) is 0 Å². The van der Waals surface area contributed by atoms with Crippen molar-refractivity contribution >= 4 is 17.2 Å². The quantitative estimate of drug-likeness (QED) is 0.579. The van der Waals surface area contributed by atoms with Gasteiger partial charge in [0.1, 0.15) is 0 Å². The lowest BCUT2D eigenvalue weighted by molar-refractivity contribution is 0.188. The minimum Gasteiger partial charge on any atom is -0.366 e. The molecule has 1 nitrogen and oxygen atoms in total. The Bertz CT molecular complexity index is 259. The lowest BCUT2D eigenvalue weighted by atomic mass is 9.75. The first-order chi connectivity index (χ1) is 6.99. The van der Waals surface area contributed by atoms with Crippen LogP contribution in [0.4, 0.5) is 0 Å². The third kappa shape index (κ3) is 2.35. The van der Waals surface area contributed by atoms with E-state index >= 15 is 0 Å². The van der Waals surface area contributed by atoms with Crippen LogP contribution in [-0.2, 0) is 0 Å². The van der Waals surface area contributed by atoms with Gasteiger partial charge in [0.05, 0.1) is 4.99 Å². The first-order valence-corrected chi connectivity index (χ1v) is 6.66. The Balaban J connectivity index is 2.05. The standard InChI is InChI=1S/C13H23NS/c1-13(2)7-4-5-11-10(6-8-13)9-12(15)14(11)3/h10-11H,4-9H2,1-3H3. The van der Waals surface area contributed by atoms with Gasteiger partial charge in [0, 0.05) is 19.5 Å². The molecule has 1 heterocycles. The van der Waals surface area contributed by atoms with Crippen LogP contribution in [0, 0.1) is 11.3 Å². The molecule has 2 aliphatic rings. The highest BCUT2D eigenvalue weighted by atomic mass is 32.1. The van der Waals surface area contributed by atoms with Crippen LogP contribution in [0.3, 0.4) is 0 Å². The molecule has 15 heavy (non-hydrogen) atoms. The van der Waals surface area contributed by atoms with E-state index in [-0.39, 0.29) is 0 Å². The van der Waals surface area contributed by atoms with Gasteiger partial charge in [-0.1, -0.05) is 32.5 Å². The largest absolute Gasteiger partial charge is 0.366 e. The van der Waals surface area contributed by atoms with Crippen molar-refractivity contribution in [3.63, 3.8) is 0 Å². The van der Waals surface area contributed by atoms with E-state index in [1.165, 1.54) is 43.5 Å². The van der Waals surface area contributed by atoms with Crippen molar-refractivity contribution in [3.8, 4) is 0 Å². The van der Waals surface area contributed by atoms with E-state index in [2.05, 4.69) is 25.8 Å². The average molecular weight is 225 g/mol. The van der Waals surface area contributed by atoms with Gasteiger partial charge in [-0.2, -0.15) is 0 Å². The van der Waals surface area contributed by atoms with Crippen molar-refractivity contribution in [3.05, 3.63) is 0 Å². The molecule has 1 aliphatic heterocycles. The van der Waals surface area contributed by atoms with Gasteiger partial charge in [0.25, 0.3) is 0 Å². The van der Waals surface area contributed by atoms with Crippen molar-refractivity contribution < 1.29 is 0 Å². The maximum atomic E-state index is 5.43. The molecule has 0 amide bonds. The summed E-state index contributed by atoms with van der Waals surface area (Å²) in [5.74, 6) is 0.849. The number of likely N-dealkylation sites (tertiary alicyclic amines) is 1. The third-order valence-corrected chi connectivity index (χ3v) is 4.87. The predicted molar refractivity (Wildman–Crippen MR) is 69.1 cm³/mol. The van der Waals surface area contributed by atoms with Crippen molar-refractivity contribution in [2.24, 2.45) is 11.3 Å². The Morgan fingerprint density at radius 1 is 1.27 bits per heavy atom. The Morgan fingerprint density at radius 2 is 2.00 bits per heavy atom. The van der Waals surface area contributed by atoms with Crippen LogP contribution >= 0.6 is 12.2 Å². The van der Waals surface area contributed by atoms with Gasteiger partial charge < -0.3 is 4.90 Å². The van der Waals surface area contributed by atoms with E-state index in [4.69, 9.17) is 12.2 Å². The zero-order chi connectivity index (χ0) is 11.1. The first kappa shape index (κ1) is 11.4. The van der Waals surface area contributed by atoms with Gasteiger partial charge in [-0.3, -0.25) is 0 Å². The first-order valence-electron chi connectivity index (χ1n) is 6.25. The number of hydrogen-bond donors (Lipinski definition) is 0. The second-order valence-corrected chi connectivity index (χ2v) is 6.60. The maximum Gasteiger partial charge on any atom is 0.0782 e. The highest BCUT2D eigenvalue weighted by Gasteiger charge is 2.37. The number of fused-ring (bicyclic) bond motifs is 1. The maximum absolute atomic E-state index is 5.43. The summed E-state index contributed by atoms with van der Waals surface area (Å²) in [7, 11) is 2.19. The summed E-state index contributed by atoms with van der Waals surface area (Å²) < 4.78 is 0. The number of rotatable bonds is 0. The van der Waals surface area contributed by atoms with Gasteiger partial charge in [-0.05, 0) is 37.0 Å². The summed E-state index contributed by atoms with van der Waals surface area (Å²) >= 11 is 5.43. The van der Waals surface area contributed by atoms with Crippen LogP contribution in [0.25, 0.3) is 0 Å². The molecule has 0 aromatic carbocycles. The summed E-state index contributed by atoms with van der Waals surface area (Å²) in [4.78, 5) is 3.57. The summed E-state index contributed by atoms with van der Waals surface area (Å²) in [6.07, 6.45) is 8.04. The fourth-order valence-electron chi connectivity index (χ4n) is 3.22. The Kier molecular flexibility index (Phi) is 3.07. The minimum absolute atomic E-state index is 0.563. The fourth-order valence-corrected chi connectivity index (χ4v) is 3.57. The molecule has 1 aliphatic carbocycles. The minimum atomic E-state index is 0.563. The molecule has 0 N–H and O–H groups in total. The molecular formula is C13H23NS. The topological polar surface area (TPSA) is 3.24 Å². The van der Waals surface area contributed by atoms with Crippen molar-refractivity contribution in [1.29, 1.82) is 0 Å². The zero-order valence-corrected chi connectivity index (χ0v) is 11.1. The van der Waals surface area contributed by atoms with Crippen LogP contribution in [0.2, 0.25) is 0 Å². The summed E-state index contributed by atoms with van der Waals surface area (Å²) in [6.45, 7) is 4.84. The third-order valence-electron chi connectivity index (χ3n) is 4.42. The van der Waals surface area contributed by atoms with Crippen LogP contribution in [0.15, 0.2) is 0 Å².